The molecule has 1 N–H and O–H groups in total. The van der Waals surface area contributed by atoms with Crippen LogP contribution in [-0.2, 0) is 12.0 Å². The first kappa shape index (κ1) is 13.2. The molecule has 2 aromatic carbocycles. The zero-order chi connectivity index (χ0) is 14.5. The molecule has 1 aliphatic rings. The summed E-state index contributed by atoms with van der Waals surface area (Å²) in [6, 6.07) is 6.82. The summed E-state index contributed by atoms with van der Waals surface area (Å²) in [5, 5.41) is 10.8. The van der Waals surface area contributed by atoms with Gasteiger partial charge in [-0.2, -0.15) is 0 Å². The highest BCUT2D eigenvalue weighted by atomic mass is 19.2. The van der Waals surface area contributed by atoms with Crippen molar-refractivity contribution in [2.75, 3.05) is 0 Å². The van der Waals surface area contributed by atoms with Gasteiger partial charge in [0.2, 0.25) is 0 Å². The van der Waals surface area contributed by atoms with Crippen LogP contribution in [0.15, 0.2) is 30.3 Å². The Morgan fingerprint density at radius 3 is 2.45 bits per heavy atom. The maximum Gasteiger partial charge on any atom is 0.165 e. The SMILES string of the molecule is Cc1ccc(C2(O)CCc3cc(F)ccc32)c(F)c1F. The normalized spacial score (nSPS) is 21.1. The highest BCUT2D eigenvalue weighted by molar-refractivity contribution is 5.46. The Morgan fingerprint density at radius 2 is 1.70 bits per heavy atom. The van der Waals surface area contributed by atoms with Crippen LogP contribution in [0.25, 0.3) is 0 Å². The molecule has 1 aliphatic carbocycles. The molecule has 0 radical (unpaired) electrons. The highest BCUT2D eigenvalue weighted by Crippen LogP contribution is 2.43. The van der Waals surface area contributed by atoms with Crippen molar-refractivity contribution >= 4 is 0 Å². The number of fused-ring (bicyclic) bond motifs is 1. The minimum Gasteiger partial charge on any atom is -0.380 e. The van der Waals surface area contributed by atoms with Gasteiger partial charge in [-0.25, -0.2) is 13.2 Å². The molecule has 20 heavy (non-hydrogen) atoms. The van der Waals surface area contributed by atoms with Crippen LogP contribution in [0.3, 0.4) is 0 Å². The largest absolute Gasteiger partial charge is 0.380 e. The number of rotatable bonds is 1. The van der Waals surface area contributed by atoms with Gasteiger partial charge in [0, 0.05) is 5.56 Å². The molecule has 0 fully saturated rings. The fraction of sp³-hybridized carbons (Fsp3) is 0.250. The summed E-state index contributed by atoms with van der Waals surface area (Å²) in [5.41, 5.74) is -0.422. The minimum atomic E-state index is -1.60. The van der Waals surface area contributed by atoms with Gasteiger partial charge in [-0.05, 0) is 48.6 Å². The van der Waals surface area contributed by atoms with E-state index in [9.17, 15) is 18.3 Å². The molecule has 0 saturated heterocycles. The van der Waals surface area contributed by atoms with Gasteiger partial charge >= 0.3 is 0 Å². The molecule has 0 amide bonds. The van der Waals surface area contributed by atoms with Crippen molar-refractivity contribution in [1.82, 2.24) is 0 Å². The van der Waals surface area contributed by atoms with E-state index in [1.54, 1.807) is 0 Å². The number of aliphatic hydroxyl groups is 1. The molecular weight excluding hydrogens is 265 g/mol. The van der Waals surface area contributed by atoms with Gasteiger partial charge in [-0.1, -0.05) is 18.2 Å². The molecule has 0 aliphatic heterocycles. The van der Waals surface area contributed by atoms with Crippen molar-refractivity contribution < 1.29 is 18.3 Å². The zero-order valence-corrected chi connectivity index (χ0v) is 10.9. The Labute approximate surface area is 114 Å². The second-order valence-electron chi connectivity index (χ2n) is 5.22. The Kier molecular flexibility index (Phi) is 2.87. The fourth-order valence-electron chi connectivity index (χ4n) is 2.87. The van der Waals surface area contributed by atoms with Crippen LogP contribution < -0.4 is 0 Å². The second-order valence-corrected chi connectivity index (χ2v) is 5.22. The van der Waals surface area contributed by atoms with Gasteiger partial charge in [0.05, 0.1) is 0 Å². The second kappa shape index (κ2) is 4.35. The topological polar surface area (TPSA) is 20.2 Å². The highest BCUT2D eigenvalue weighted by Gasteiger charge is 2.41. The van der Waals surface area contributed by atoms with Crippen molar-refractivity contribution in [3.05, 3.63) is 70.0 Å². The molecule has 0 aromatic heterocycles. The van der Waals surface area contributed by atoms with Crippen LogP contribution in [-0.4, -0.2) is 5.11 Å². The van der Waals surface area contributed by atoms with E-state index in [0.717, 1.165) is 0 Å². The van der Waals surface area contributed by atoms with Gasteiger partial charge < -0.3 is 5.11 Å². The standard InChI is InChI=1S/C16H13F3O/c1-9-2-4-13(15(19)14(9)18)16(20)7-6-10-8-11(17)3-5-12(10)16/h2-5,8,20H,6-7H2,1H3. The molecule has 1 nitrogen and oxygen atoms in total. The first-order chi connectivity index (χ1) is 9.43. The van der Waals surface area contributed by atoms with Crippen LogP contribution >= 0.6 is 0 Å². The van der Waals surface area contributed by atoms with Crippen LogP contribution in [0, 0.1) is 24.4 Å². The summed E-state index contributed by atoms with van der Waals surface area (Å²) in [6.07, 6.45) is 0.643. The van der Waals surface area contributed by atoms with Crippen molar-refractivity contribution in [3.8, 4) is 0 Å². The predicted octanol–water partition coefficient (Wildman–Crippen LogP) is 3.59. The molecular formula is C16H13F3O. The molecule has 3 rings (SSSR count). The fourth-order valence-corrected chi connectivity index (χ4v) is 2.87. The van der Waals surface area contributed by atoms with Crippen LogP contribution in [0.5, 0.6) is 0 Å². The number of hydrogen-bond donors (Lipinski definition) is 1. The molecule has 4 heteroatoms. The van der Waals surface area contributed by atoms with E-state index in [1.807, 2.05) is 0 Å². The summed E-state index contributed by atoms with van der Waals surface area (Å²) in [6.45, 7) is 1.46. The average Bonchev–Trinajstić information content (AvgIpc) is 2.74. The van der Waals surface area contributed by atoms with Gasteiger partial charge in [-0.15, -0.1) is 0 Å². The zero-order valence-electron chi connectivity index (χ0n) is 10.9. The molecule has 2 aromatic rings. The first-order valence-electron chi connectivity index (χ1n) is 6.40. The lowest BCUT2D eigenvalue weighted by Gasteiger charge is -2.25. The lowest BCUT2D eigenvalue weighted by molar-refractivity contribution is 0.0780. The maximum atomic E-state index is 14.1. The quantitative estimate of drug-likeness (QED) is 0.845. The van der Waals surface area contributed by atoms with E-state index < -0.39 is 23.1 Å². The monoisotopic (exact) mass is 278 g/mol. The Hall–Kier alpha value is -1.81. The van der Waals surface area contributed by atoms with Gasteiger partial charge in [0.15, 0.2) is 11.6 Å². The van der Waals surface area contributed by atoms with E-state index in [-0.39, 0.29) is 17.5 Å². The third-order valence-electron chi connectivity index (χ3n) is 3.99. The van der Waals surface area contributed by atoms with Gasteiger partial charge in [0.1, 0.15) is 11.4 Å². The summed E-state index contributed by atoms with van der Waals surface area (Å²) < 4.78 is 41.0. The summed E-state index contributed by atoms with van der Waals surface area (Å²) >= 11 is 0. The molecule has 0 spiro atoms. The van der Waals surface area contributed by atoms with Crippen LogP contribution in [0.1, 0.15) is 28.7 Å². The van der Waals surface area contributed by atoms with Gasteiger partial charge in [-0.3, -0.25) is 0 Å². The lowest BCUT2D eigenvalue weighted by atomic mass is 9.87. The Morgan fingerprint density at radius 1 is 1.00 bits per heavy atom. The molecule has 104 valence electrons. The van der Waals surface area contributed by atoms with Crippen LogP contribution in [0.4, 0.5) is 13.2 Å². The van der Waals surface area contributed by atoms with Crippen LogP contribution in [0.2, 0.25) is 0 Å². The lowest BCUT2D eigenvalue weighted by Crippen LogP contribution is -2.26. The Balaban J connectivity index is 2.19. The number of aryl methyl sites for hydroxylation is 2. The van der Waals surface area contributed by atoms with E-state index >= 15 is 0 Å². The molecule has 1 atom stereocenters. The predicted molar refractivity (Wildman–Crippen MR) is 68.8 cm³/mol. The third kappa shape index (κ3) is 1.75. The van der Waals surface area contributed by atoms with Crippen molar-refractivity contribution in [2.24, 2.45) is 0 Å². The molecule has 0 saturated carbocycles. The smallest absolute Gasteiger partial charge is 0.165 e. The van der Waals surface area contributed by atoms with E-state index in [2.05, 4.69) is 0 Å². The molecule has 1 unspecified atom stereocenters. The average molecular weight is 278 g/mol. The maximum absolute atomic E-state index is 14.1. The summed E-state index contributed by atoms with van der Waals surface area (Å²) in [5.74, 6) is -2.39. The van der Waals surface area contributed by atoms with Crippen molar-refractivity contribution in [3.63, 3.8) is 0 Å². The van der Waals surface area contributed by atoms with Crippen molar-refractivity contribution in [2.45, 2.75) is 25.4 Å². The van der Waals surface area contributed by atoms with Crippen molar-refractivity contribution in [1.29, 1.82) is 0 Å². The number of hydrogen-bond acceptors (Lipinski definition) is 1. The molecule has 0 heterocycles. The summed E-state index contributed by atoms with van der Waals surface area (Å²) in [4.78, 5) is 0. The first-order valence-corrected chi connectivity index (χ1v) is 6.40. The van der Waals surface area contributed by atoms with E-state index in [4.69, 9.17) is 0 Å². The minimum absolute atomic E-state index is 0.0917. The number of benzene rings is 2. The number of halogens is 3. The Bertz CT molecular complexity index is 696. The van der Waals surface area contributed by atoms with Gasteiger partial charge in [0.25, 0.3) is 0 Å². The molecule has 0 bridgehead atoms. The third-order valence-corrected chi connectivity index (χ3v) is 3.99. The van der Waals surface area contributed by atoms with E-state index in [1.165, 1.54) is 37.3 Å². The van der Waals surface area contributed by atoms with E-state index in [0.29, 0.717) is 17.5 Å². The summed E-state index contributed by atoms with van der Waals surface area (Å²) in [7, 11) is 0.